The Labute approximate surface area is 117 Å². The van der Waals surface area contributed by atoms with Gasteiger partial charge in [-0.3, -0.25) is 0 Å². The molecule has 4 nitrogen and oxygen atoms in total. The standard InChI is InChI=1S/C12H8F2O4S2/c13-8-3-4-9(11(14)10(8)12(15)16)20(17,18)6-7-2-1-5-19-7/h1-5H,6H2,(H,15,16). The Morgan fingerprint density at radius 1 is 1.25 bits per heavy atom. The van der Waals surface area contributed by atoms with E-state index in [2.05, 4.69) is 0 Å². The summed E-state index contributed by atoms with van der Waals surface area (Å²) in [6, 6.07) is 4.56. The van der Waals surface area contributed by atoms with Gasteiger partial charge in [-0.05, 0) is 23.6 Å². The summed E-state index contributed by atoms with van der Waals surface area (Å²) in [6.07, 6.45) is 0. The Hall–Kier alpha value is -1.80. The lowest BCUT2D eigenvalue weighted by molar-refractivity contribution is 0.0685. The summed E-state index contributed by atoms with van der Waals surface area (Å²) in [6.45, 7) is 0. The van der Waals surface area contributed by atoms with Gasteiger partial charge in [-0.25, -0.2) is 22.0 Å². The molecule has 8 heteroatoms. The van der Waals surface area contributed by atoms with Crippen molar-refractivity contribution in [1.82, 2.24) is 0 Å². The van der Waals surface area contributed by atoms with Gasteiger partial charge in [0.1, 0.15) is 16.3 Å². The summed E-state index contributed by atoms with van der Waals surface area (Å²) in [7, 11) is -4.08. The van der Waals surface area contributed by atoms with Crippen molar-refractivity contribution < 1.29 is 27.1 Å². The maximum atomic E-state index is 13.9. The third kappa shape index (κ3) is 2.70. The molecule has 0 aliphatic carbocycles. The SMILES string of the molecule is O=C(O)c1c(F)ccc(S(=O)(=O)Cc2cccs2)c1F. The van der Waals surface area contributed by atoms with E-state index >= 15 is 0 Å². The van der Waals surface area contributed by atoms with Crippen molar-refractivity contribution in [2.75, 3.05) is 0 Å². The Balaban J connectivity index is 2.53. The van der Waals surface area contributed by atoms with E-state index in [9.17, 15) is 22.0 Å². The maximum absolute atomic E-state index is 13.9. The van der Waals surface area contributed by atoms with Crippen molar-refractivity contribution in [2.24, 2.45) is 0 Å². The Kier molecular flexibility index (Phi) is 3.87. The van der Waals surface area contributed by atoms with Gasteiger partial charge in [0.25, 0.3) is 0 Å². The van der Waals surface area contributed by atoms with Crippen LogP contribution in [0.1, 0.15) is 15.2 Å². The molecule has 106 valence electrons. The zero-order chi connectivity index (χ0) is 14.9. The Bertz CT molecular complexity index is 752. The minimum atomic E-state index is -4.08. The average Bonchev–Trinajstić information content (AvgIpc) is 2.79. The second-order valence-electron chi connectivity index (χ2n) is 3.88. The quantitative estimate of drug-likeness (QED) is 0.880. The summed E-state index contributed by atoms with van der Waals surface area (Å²) < 4.78 is 51.3. The molecule has 0 saturated heterocycles. The first kappa shape index (κ1) is 14.6. The number of aromatic carboxylic acids is 1. The highest BCUT2D eigenvalue weighted by molar-refractivity contribution is 7.90. The molecule has 1 N–H and O–H groups in total. The van der Waals surface area contributed by atoms with Gasteiger partial charge in [0, 0.05) is 4.88 Å². The predicted octanol–water partition coefficient (Wildman–Crippen LogP) is 2.70. The minimum Gasteiger partial charge on any atom is -0.477 e. The zero-order valence-corrected chi connectivity index (χ0v) is 11.5. The van der Waals surface area contributed by atoms with Crippen LogP contribution in [-0.4, -0.2) is 19.5 Å². The first-order valence-corrected chi connectivity index (χ1v) is 7.82. The first-order chi connectivity index (χ1) is 9.33. The number of thiophene rings is 1. The molecule has 0 spiro atoms. The number of rotatable bonds is 4. The fourth-order valence-corrected chi connectivity index (χ4v) is 4.13. The van der Waals surface area contributed by atoms with Gasteiger partial charge in [0.05, 0.1) is 5.75 Å². The summed E-state index contributed by atoms with van der Waals surface area (Å²) in [5.74, 6) is -5.21. The van der Waals surface area contributed by atoms with Gasteiger partial charge in [0.15, 0.2) is 15.7 Å². The van der Waals surface area contributed by atoms with Crippen LogP contribution in [0.15, 0.2) is 34.5 Å². The van der Waals surface area contributed by atoms with Crippen molar-refractivity contribution in [3.8, 4) is 0 Å². The molecule has 0 aliphatic rings. The van der Waals surface area contributed by atoms with Gasteiger partial charge in [-0.15, -0.1) is 11.3 Å². The fraction of sp³-hybridized carbons (Fsp3) is 0.0833. The molecular formula is C12H8F2O4S2. The van der Waals surface area contributed by atoms with Crippen LogP contribution in [0, 0.1) is 11.6 Å². The molecule has 2 rings (SSSR count). The molecule has 1 heterocycles. The van der Waals surface area contributed by atoms with Crippen molar-refractivity contribution in [3.63, 3.8) is 0 Å². The van der Waals surface area contributed by atoms with Gasteiger partial charge < -0.3 is 5.11 Å². The number of sulfone groups is 1. The van der Waals surface area contributed by atoms with Crippen molar-refractivity contribution in [2.45, 2.75) is 10.6 Å². The molecule has 0 aliphatic heterocycles. The first-order valence-electron chi connectivity index (χ1n) is 5.29. The van der Waals surface area contributed by atoms with E-state index < -0.39 is 43.7 Å². The highest BCUT2D eigenvalue weighted by Crippen LogP contribution is 2.25. The molecule has 0 amide bonds. The van der Waals surface area contributed by atoms with Crippen molar-refractivity contribution in [3.05, 3.63) is 51.7 Å². The molecule has 1 aromatic heterocycles. The van der Waals surface area contributed by atoms with Crippen LogP contribution in [-0.2, 0) is 15.6 Å². The van der Waals surface area contributed by atoms with Crippen LogP contribution >= 0.6 is 11.3 Å². The van der Waals surface area contributed by atoms with E-state index in [0.717, 1.165) is 6.07 Å². The van der Waals surface area contributed by atoms with Gasteiger partial charge in [-0.1, -0.05) is 6.07 Å². The third-order valence-electron chi connectivity index (χ3n) is 2.52. The molecule has 0 saturated carbocycles. The van der Waals surface area contributed by atoms with Crippen LogP contribution in [0.3, 0.4) is 0 Å². The van der Waals surface area contributed by atoms with Crippen LogP contribution in [0.2, 0.25) is 0 Å². The molecule has 20 heavy (non-hydrogen) atoms. The third-order valence-corrected chi connectivity index (χ3v) is 5.25. The smallest absolute Gasteiger partial charge is 0.341 e. The van der Waals surface area contributed by atoms with Crippen LogP contribution in [0.25, 0.3) is 0 Å². The average molecular weight is 318 g/mol. The number of carbonyl (C=O) groups is 1. The molecule has 0 radical (unpaired) electrons. The number of carboxylic acid groups (broad SMARTS) is 1. The lowest BCUT2D eigenvalue weighted by atomic mass is 10.2. The zero-order valence-electron chi connectivity index (χ0n) is 9.84. The summed E-state index contributed by atoms with van der Waals surface area (Å²) in [4.78, 5) is 10.4. The summed E-state index contributed by atoms with van der Waals surface area (Å²) in [5.41, 5.74) is -1.27. The van der Waals surface area contributed by atoms with E-state index in [0.29, 0.717) is 10.9 Å². The largest absolute Gasteiger partial charge is 0.477 e. The molecule has 1 aromatic carbocycles. The fourth-order valence-electron chi connectivity index (χ4n) is 1.63. The van der Waals surface area contributed by atoms with Crippen LogP contribution in [0.5, 0.6) is 0 Å². The molecule has 0 unspecified atom stereocenters. The molecule has 0 fully saturated rings. The second kappa shape index (κ2) is 5.29. The molecule has 2 aromatic rings. The Morgan fingerprint density at radius 2 is 1.95 bits per heavy atom. The van der Waals surface area contributed by atoms with Gasteiger partial charge in [-0.2, -0.15) is 0 Å². The van der Waals surface area contributed by atoms with Crippen LogP contribution < -0.4 is 0 Å². The predicted molar refractivity (Wildman–Crippen MR) is 68.5 cm³/mol. The highest BCUT2D eigenvalue weighted by atomic mass is 32.2. The van der Waals surface area contributed by atoms with E-state index in [1.807, 2.05) is 0 Å². The topological polar surface area (TPSA) is 71.4 Å². The van der Waals surface area contributed by atoms with Crippen molar-refractivity contribution >= 4 is 27.1 Å². The van der Waals surface area contributed by atoms with Gasteiger partial charge >= 0.3 is 5.97 Å². The highest BCUT2D eigenvalue weighted by Gasteiger charge is 2.27. The van der Waals surface area contributed by atoms with Crippen molar-refractivity contribution in [1.29, 1.82) is 0 Å². The van der Waals surface area contributed by atoms with E-state index in [1.165, 1.54) is 11.3 Å². The number of hydrogen-bond acceptors (Lipinski definition) is 4. The lowest BCUT2D eigenvalue weighted by Gasteiger charge is -2.07. The van der Waals surface area contributed by atoms with E-state index in [-0.39, 0.29) is 0 Å². The number of carboxylic acids is 1. The molecule has 0 bridgehead atoms. The number of benzene rings is 1. The number of hydrogen-bond donors (Lipinski definition) is 1. The number of halogens is 2. The minimum absolute atomic E-state index is 0.466. The summed E-state index contributed by atoms with van der Waals surface area (Å²) in [5, 5.41) is 10.4. The molecular weight excluding hydrogens is 310 g/mol. The van der Waals surface area contributed by atoms with Crippen LogP contribution in [0.4, 0.5) is 8.78 Å². The maximum Gasteiger partial charge on any atom is 0.341 e. The normalized spacial score (nSPS) is 11.5. The summed E-state index contributed by atoms with van der Waals surface area (Å²) >= 11 is 1.17. The lowest BCUT2D eigenvalue weighted by Crippen LogP contribution is -2.12. The van der Waals surface area contributed by atoms with E-state index in [1.54, 1.807) is 17.5 Å². The molecule has 0 atom stereocenters. The monoisotopic (exact) mass is 318 g/mol. The second-order valence-corrected chi connectivity index (χ2v) is 6.87. The Morgan fingerprint density at radius 3 is 2.50 bits per heavy atom. The van der Waals surface area contributed by atoms with E-state index in [4.69, 9.17) is 5.11 Å². The van der Waals surface area contributed by atoms with Gasteiger partial charge in [0.2, 0.25) is 0 Å².